The Morgan fingerprint density at radius 3 is 2.68 bits per heavy atom. The number of benzene rings is 1. The number of rotatable bonds is 6. The monoisotopic (exact) mass is 345 g/mol. The van der Waals surface area contributed by atoms with E-state index in [9.17, 15) is 4.79 Å². The number of methoxy groups -OCH3 is 1. The number of aromatic nitrogens is 2. The van der Waals surface area contributed by atoms with E-state index >= 15 is 0 Å². The number of hydrogen-bond acceptors (Lipinski definition) is 6. The number of ether oxygens (including phenoxy) is 2. The Hall–Kier alpha value is -2.41. The molecule has 7 nitrogen and oxygen atoms in total. The maximum atomic E-state index is 11.6. The molecule has 2 heterocycles. The first-order valence-corrected chi connectivity index (χ1v) is 8.46. The molecule has 7 heteroatoms. The Labute approximate surface area is 146 Å². The first-order valence-electron chi connectivity index (χ1n) is 8.46. The molecule has 0 bridgehead atoms. The van der Waals surface area contributed by atoms with Crippen LogP contribution < -0.4 is 10.1 Å². The van der Waals surface area contributed by atoms with Gasteiger partial charge in [0.05, 0.1) is 7.11 Å². The van der Waals surface area contributed by atoms with Gasteiger partial charge in [-0.25, -0.2) is 0 Å². The fourth-order valence-corrected chi connectivity index (χ4v) is 3.04. The Balaban J connectivity index is 1.73. The Bertz CT molecular complexity index is 693. The highest BCUT2D eigenvalue weighted by atomic mass is 16.5. The van der Waals surface area contributed by atoms with E-state index in [1.165, 1.54) is 6.92 Å². The normalized spacial score (nSPS) is 16.4. The van der Waals surface area contributed by atoms with Crippen LogP contribution in [0.4, 0.5) is 0 Å². The van der Waals surface area contributed by atoms with Gasteiger partial charge in [-0.05, 0) is 36.5 Å². The van der Waals surface area contributed by atoms with Crippen LogP contribution in [0.25, 0.3) is 0 Å². The van der Waals surface area contributed by atoms with Crippen LogP contribution in [-0.2, 0) is 16.0 Å². The van der Waals surface area contributed by atoms with Gasteiger partial charge in [0, 0.05) is 26.6 Å². The molecule has 25 heavy (non-hydrogen) atoms. The van der Waals surface area contributed by atoms with E-state index in [2.05, 4.69) is 15.5 Å². The molecule has 0 radical (unpaired) electrons. The van der Waals surface area contributed by atoms with Gasteiger partial charge < -0.3 is 19.3 Å². The predicted octanol–water partition coefficient (Wildman–Crippen LogP) is 2.27. The maximum absolute atomic E-state index is 11.6. The largest absolute Gasteiger partial charge is 0.497 e. The summed E-state index contributed by atoms with van der Waals surface area (Å²) in [6.45, 7) is 2.88. The number of amides is 1. The third kappa shape index (κ3) is 4.57. The van der Waals surface area contributed by atoms with Crippen LogP contribution in [-0.4, -0.2) is 36.4 Å². The van der Waals surface area contributed by atoms with Gasteiger partial charge in [0.15, 0.2) is 5.82 Å². The van der Waals surface area contributed by atoms with Crippen LogP contribution in [0.5, 0.6) is 5.75 Å². The molecule has 0 spiro atoms. The van der Waals surface area contributed by atoms with Crippen LogP contribution in [0.15, 0.2) is 28.8 Å². The lowest BCUT2D eigenvalue weighted by Gasteiger charge is -2.28. The molecule has 1 unspecified atom stereocenters. The van der Waals surface area contributed by atoms with Crippen LogP contribution in [0, 0.1) is 5.92 Å². The Kier molecular flexibility index (Phi) is 5.65. The molecule has 134 valence electrons. The summed E-state index contributed by atoms with van der Waals surface area (Å²) >= 11 is 0. The molecule has 0 saturated carbocycles. The molecular weight excluding hydrogens is 322 g/mol. The molecular formula is C18H23N3O4. The third-order valence-corrected chi connectivity index (χ3v) is 4.37. The van der Waals surface area contributed by atoms with E-state index in [4.69, 9.17) is 14.0 Å². The van der Waals surface area contributed by atoms with Gasteiger partial charge >= 0.3 is 0 Å². The lowest BCUT2D eigenvalue weighted by atomic mass is 9.91. The smallest absolute Gasteiger partial charge is 0.249 e. The van der Waals surface area contributed by atoms with Crippen LogP contribution in [0.2, 0.25) is 0 Å². The topological polar surface area (TPSA) is 86.5 Å². The molecule has 1 atom stereocenters. The van der Waals surface area contributed by atoms with Gasteiger partial charge in [-0.2, -0.15) is 4.98 Å². The van der Waals surface area contributed by atoms with Crippen LogP contribution >= 0.6 is 0 Å². The average Bonchev–Trinajstić information content (AvgIpc) is 3.09. The van der Waals surface area contributed by atoms with Crippen molar-refractivity contribution in [2.45, 2.75) is 32.2 Å². The Morgan fingerprint density at radius 1 is 1.32 bits per heavy atom. The van der Waals surface area contributed by atoms with Crippen LogP contribution in [0.3, 0.4) is 0 Å². The first-order chi connectivity index (χ1) is 12.2. The predicted molar refractivity (Wildman–Crippen MR) is 90.2 cm³/mol. The molecule has 1 N–H and O–H groups in total. The van der Waals surface area contributed by atoms with Gasteiger partial charge in [-0.3, -0.25) is 4.79 Å². The summed E-state index contributed by atoms with van der Waals surface area (Å²) in [5.41, 5.74) is 1.07. The standard InChI is InChI=1S/C18H23N3O4/c1-12(22)19-17(14-7-9-24-10-8-14)18-20-16(21-25-18)11-13-3-5-15(23-2)6-4-13/h3-6,14,17H,7-11H2,1-2H3,(H,19,22). The number of carbonyl (C=O) groups excluding carboxylic acids is 1. The molecule has 1 saturated heterocycles. The minimum absolute atomic E-state index is 0.105. The molecule has 1 aromatic heterocycles. The first kappa shape index (κ1) is 17.4. The summed E-state index contributed by atoms with van der Waals surface area (Å²) in [5, 5.41) is 7.03. The van der Waals surface area contributed by atoms with Crippen molar-refractivity contribution in [3.8, 4) is 5.75 Å². The average molecular weight is 345 g/mol. The number of nitrogens with zero attached hydrogens (tertiary/aromatic N) is 2. The zero-order valence-electron chi connectivity index (χ0n) is 14.5. The second-order valence-corrected chi connectivity index (χ2v) is 6.20. The molecule has 1 amide bonds. The van der Waals surface area contributed by atoms with Crippen molar-refractivity contribution in [1.29, 1.82) is 0 Å². The van der Waals surface area contributed by atoms with Gasteiger partial charge in [-0.15, -0.1) is 0 Å². The van der Waals surface area contributed by atoms with Crippen molar-refractivity contribution in [1.82, 2.24) is 15.5 Å². The van der Waals surface area contributed by atoms with E-state index in [-0.39, 0.29) is 17.9 Å². The van der Waals surface area contributed by atoms with Crippen molar-refractivity contribution in [2.24, 2.45) is 5.92 Å². The highest BCUT2D eigenvalue weighted by Crippen LogP contribution is 2.29. The van der Waals surface area contributed by atoms with Gasteiger partial charge in [0.1, 0.15) is 11.8 Å². The molecule has 1 fully saturated rings. The zero-order chi connectivity index (χ0) is 17.6. The number of carbonyl (C=O) groups is 1. The van der Waals surface area contributed by atoms with Crippen molar-refractivity contribution in [2.75, 3.05) is 20.3 Å². The SMILES string of the molecule is COc1ccc(Cc2noc(C(NC(C)=O)C3CCOCC3)n2)cc1. The molecule has 1 aromatic carbocycles. The molecule has 0 aliphatic carbocycles. The lowest BCUT2D eigenvalue weighted by molar-refractivity contribution is -0.120. The van der Waals surface area contributed by atoms with Crippen molar-refractivity contribution >= 4 is 5.91 Å². The Morgan fingerprint density at radius 2 is 2.04 bits per heavy atom. The fraction of sp³-hybridized carbons (Fsp3) is 0.500. The minimum atomic E-state index is -0.265. The summed E-state index contributed by atoms with van der Waals surface area (Å²) in [4.78, 5) is 16.1. The van der Waals surface area contributed by atoms with Crippen LogP contribution in [0.1, 0.15) is 43.1 Å². The fourth-order valence-electron chi connectivity index (χ4n) is 3.04. The summed E-state index contributed by atoms with van der Waals surface area (Å²) < 4.78 is 16.0. The molecule has 1 aliphatic heterocycles. The second kappa shape index (κ2) is 8.11. The minimum Gasteiger partial charge on any atom is -0.497 e. The van der Waals surface area contributed by atoms with E-state index in [0.29, 0.717) is 31.3 Å². The summed E-state index contributed by atoms with van der Waals surface area (Å²) in [6.07, 6.45) is 2.29. The van der Waals surface area contributed by atoms with E-state index < -0.39 is 0 Å². The zero-order valence-corrected chi connectivity index (χ0v) is 14.5. The van der Waals surface area contributed by atoms with Gasteiger partial charge in [0.25, 0.3) is 0 Å². The lowest BCUT2D eigenvalue weighted by Crippen LogP contribution is -2.35. The molecule has 2 aromatic rings. The molecule has 1 aliphatic rings. The highest BCUT2D eigenvalue weighted by Gasteiger charge is 2.30. The number of nitrogens with one attached hydrogen (secondary N) is 1. The van der Waals surface area contributed by atoms with E-state index in [0.717, 1.165) is 24.2 Å². The third-order valence-electron chi connectivity index (χ3n) is 4.37. The summed E-state index contributed by atoms with van der Waals surface area (Å²) in [5.74, 6) is 2.01. The summed E-state index contributed by atoms with van der Waals surface area (Å²) in [6, 6.07) is 7.48. The second-order valence-electron chi connectivity index (χ2n) is 6.20. The maximum Gasteiger partial charge on any atom is 0.249 e. The highest BCUT2D eigenvalue weighted by molar-refractivity contribution is 5.73. The number of hydrogen-bond donors (Lipinski definition) is 1. The quantitative estimate of drug-likeness (QED) is 0.864. The van der Waals surface area contributed by atoms with Crippen molar-refractivity contribution in [3.05, 3.63) is 41.5 Å². The van der Waals surface area contributed by atoms with E-state index in [1.54, 1.807) is 7.11 Å². The van der Waals surface area contributed by atoms with Crippen molar-refractivity contribution < 1.29 is 18.8 Å². The van der Waals surface area contributed by atoms with E-state index in [1.807, 2.05) is 24.3 Å². The van der Waals surface area contributed by atoms with Gasteiger partial charge in [-0.1, -0.05) is 17.3 Å². The molecule has 3 rings (SSSR count). The van der Waals surface area contributed by atoms with Crippen molar-refractivity contribution in [3.63, 3.8) is 0 Å². The summed E-state index contributed by atoms with van der Waals surface area (Å²) in [7, 11) is 1.64. The van der Waals surface area contributed by atoms with Gasteiger partial charge in [0.2, 0.25) is 11.8 Å².